The highest BCUT2D eigenvalue weighted by Gasteiger charge is 2.31. The van der Waals surface area contributed by atoms with E-state index in [1.54, 1.807) is 11.6 Å². The lowest BCUT2D eigenvalue weighted by molar-refractivity contribution is 0.156. The van der Waals surface area contributed by atoms with Gasteiger partial charge in [0.15, 0.2) is 11.6 Å². The molecule has 0 radical (unpaired) electrons. The van der Waals surface area contributed by atoms with Gasteiger partial charge in [0.2, 0.25) is 0 Å². The Morgan fingerprint density at radius 3 is 2.55 bits per heavy atom. The highest BCUT2D eigenvalue weighted by atomic mass is 19.1. The van der Waals surface area contributed by atoms with Gasteiger partial charge in [-0.2, -0.15) is 0 Å². The molecule has 1 unspecified atom stereocenters. The fourth-order valence-electron chi connectivity index (χ4n) is 5.46. The largest absolute Gasteiger partial charge is 0.491 e. The molecular formula is C27H41FO. The first-order valence-corrected chi connectivity index (χ1v) is 12.3. The molecule has 0 bridgehead atoms. The third kappa shape index (κ3) is 6.33. The smallest absolute Gasteiger partial charge is 0.165 e. The maximum absolute atomic E-state index is 14.7. The van der Waals surface area contributed by atoms with Gasteiger partial charge in [-0.15, -0.1) is 0 Å². The van der Waals surface area contributed by atoms with Gasteiger partial charge in [0, 0.05) is 0 Å². The number of halogens is 1. The average Bonchev–Trinajstić information content (AvgIpc) is 2.77. The molecule has 162 valence electrons. The molecule has 1 aromatic rings. The van der Waals surface area contributed by atoms with E-state index >= 15 is 0 Å². The summed E-state index contributed by atoms with van der Waals surface area (Å²) in [5.74, 6) is 0.643. The van der Waals surface area contributed by atoms with Crippen molar-refractivity contribution in [3.8, 4) is 5.75 Å². The molecule has 2 heteroatoms. The predicted molar refractivity (Wildman–Crippen MR) is 121 cm³/mol. The number of hydrogen-bond acceptors (Lipinski definition) is 1. The Morgan fingerprint density at radius 1 is 1.07 bits per heavy atom. The van der Waals surface area contributed by atoms with E-state index in [2.05, 4.69) is 26.0 Å². The fraction of sp³-hybridized carbons (Fsp3) is 0.704. The van der Waals surface area contributed by atoms with E-state index in [4.69, 9.17) is 4.74 Å². The first-order chi connectivity index (χ1) is 14.2. The van der Waals surface area contributed by atoms with Crippen LogP contribution in [0.4, 0.5) is 4.39 Å². The molecule has 1 fully saturated rings. The monoisotopic (exact) mass is 400 g/mol. The first kappa shape index (κ1) is 22.4. The molecule has 2 aliphatic rings. The van der Waals surface area contributed by atoms with Crippen molar-refractivity contribution in [2.24, 2.45) is 5.41 Å². The molecule has 0 amide bonds. The molecule has 3 rings (SSSR count). The van der Waals surface area contributed by atoms with Gasteiger partial charge >= 0.3 is 0 Å². The van der Waals surface area contributed by atoms with Crippen LogP contribution < -0.4 is 4.74 Å². The van der Waals surface area contributed by atoms with E-state index < -0.39 is 0 Å². The van der Waals surface area contributed by atoms with Crippen molar-refractivity contribution >= 4 is 0 Å². The number of hydrogen-bond donors (Lipinski definition) is 0. The van der Waals surface area contributed by atoms with Gasteiger partial charge in [0.05, 0.1) is 6.61 Å². The summed E-state index contributed by atoms with van der Waals surface area (Å²) in [5.41, 5.74) is 3.29. The van der Waals surface area contributed by atoms with Crippen molar-refractivity contribution in [2.45, 2.75) is 110 Å². The third-order valence-corrected chi connectivity index (χ3v) is 7.47. The highest BCUT2D eigenvalue weighted by Crippen LogP contribution is 2.45. The van der Waals surface area contributed by atoms with Crippen LogP contribution in [-0.4, -0.2) is 6.61 Å². The van der Waals surface area contributed by atoms with E-state index in [9.17, 15) is 4.39 Å². The van der Waals surface area contributed by atoms with Crippen LogP contribution in [-0.2, 0) is 0 Å². The van der Waals surface area contributed by atoms with Gasteiger partial charge in [-0.1, -0.05) is 57.2 Å². The molecule has 0 saturated heterocycles. The van der Waals surface area contributed by atoms with Gasteiger partial charge in [-0.3, -0.25) is 0 Å². The Bertz CT molecular complexity index is 657. The lowest BCUT2D eigenvalue weighted by Crippen LogP contribution is -2.24. The molecule has 0 N–H and O–H groups in total. The Hall–Kier alpha value is -1.31. The summed E-state index contributed by atoms with van der Waals surface area (Å²) in [4.78, 5) is 0. The van der Waals surface area contributed by atoms with Gasteiger partial charge in [-0.25, -0.2) is 4.39 Å². The van der Waals surface area contributed by atoms with Crippen molar-refractivity contribution in [1.82, 2.24) is 0 Å². The second-order valence-electron chi connectivity index (χ2n) is 9.50. The summed E-state index contributed by atoms with van der Waals surface area (Å²) in [6.45, 7) is 5.00. The minimum Gasteiger partial charge on any atom is -0.491 e. The van der Waals surface area contributed by atoms with Gasteiger partial charge in [0.25, 0.3) is 0 Å². The Morgan fingerprint density at radius 2 is 1.90 bits per heavy atom. The lowest BCUT2D eigenvalue weighted by atomic mass is 9.68. The van der Waals surface area contributed by atoms with Crippen LogP contribution in [0.3, 0.4) is 0 Å². The number of benzene rings is 1. The Balaban J connectivity index is 1.75. The molecule has 29 heavy (non-hydrogen) atoms. The Kier molecular flexibility index (Phi) is 8.63. The summed E-state index contributed by atoms with van der Waals surface area (Å²) in [6, 6.07) is 5.75. The predicted octanol–water partition coefficient (Wildman–Crippen LogP) is 8.73. The van der Waals surface area contributed by atoms with Crippen molar-refractivity contribution in [2.75, 3.05) is 6.61 Å². The van der Waals surface area contributed by atoms with Crippen molar-refractivity contribution in [3.05, 3.63) is 41.2 Å². The van der Waals surface area contributed by atoms with Crippen LogP contribution in [0.2, 0.25) is 0 Å². The van der Waals surface area contributed by atoms with E-state index in [1.165, 1.54) is 82.6 Å². The van der Waals surface area contributed by atoms with E-state index in [1.807, 2.05) is 6.07 Å². The van der Waals surface area contributed by atoms with Crippen molar-refractivity contribution < 1.29 is 9.13 Å². The molecule has 1 atom stereocenters. The van der Waals surface area contributed by atoms with Crippen LogP contribution in [0.15, 0.2) is 29.8 Å². The number of rotatable bonds is 10. The molecule has 2 aliphatic carbocycles. The lowest BCUT2D eigenvalue weighted by Gasteiger charge is -2.38. The molecule has 1 nitrogen and oxygen atoms in total. The molecular weight excluding hydrogens is 359 g/mol. The topological polar surface area (TPSA) is 9.23 Å². The second-order valence-corrected chi connectivity index (χ2v) is 9.50. The zero-order valence-corrected chi connectivity index (χ0v) is 18.8. The molecule has 1 aromatic carbocycles. The summed E-state index contributed by atoms with van der Waals surface area (Å²) in [7, 11) is 0. The zero-order chi connectivity index (χ0) is 20.5. The third-order valence-electron chi connectivity index (χ3n) is 7.47. The summed E-state index contributed by atoms with van der Waals surface area (Å²) in [6.07, 6.45) is 20.3. The average molecular weight is 401 g/mol. The highest BCUT2D eigenvalue weighted by molar-refractivity contribution is 5.32. The molecule has 0 spiro atoms. The van der Waals surface area contributed by atoms with Gasteiger partial charge in [-0.05, 0) is 93.2 Å². The molecule has 1 saturated carbocycles. The second kappa shape index (κ2) is 11.2. The van der Waals surface area contributed by atoms with E-state index in [0.717, 1.165) is 12.8 Å². The zero-order valence-electron chi connectivity index (χ0n) is 18.8. The van der Waals surface area contributed by atoms with Gasteiger partial charge < -0.3 is 4.74 Å². The van der Waals surface area contributed by atoms with Crippen LogP contribution in [0.1, 0.15) is 115 Å². The minimum absolute atomic E-state index is 0.193. The summed E-state index contributed by atoms with van der Waals surface area (Å²) >= 11 is 0. The molecule has 0 aliphatic heterocycles. The van der Waals surface area contributed by atoms with Crippen molar-refractivity contribution in [3.63, 3.8) is 0 Å². The number of allylic oxidation sites excluding steroid dienone is 2. The quantitative estimate of drug-likeness (QED) is 0.357. The molecule has 0 heterocycles. The summed E-state index contributed by atoms with van der Waals surface area (Å²) in [5, 5.41) is 0. The number of ether oxygens (including phenoxy) is 1. The van der Waals surface area contributed by atoms with E-state index in [-0.39, 0.29) is 5.82 Å². The van der Waals surface area contributed by atoms with Crippen molar-refractivity contribution in [1.29, 1.82) is 0 Å². The Labute approximate surface area is 178 Å². The van der Waals surface area contributed by atoms with E-state index in [0.29, 0.717) is 23.7 Å². The first-order valence-electron chi connectivity index (χ1n) is 12.3. The maximum Gasteiger partial charge on any atom is 0.165 e. The summed E-state index contributed by atoms with van der Waals surface area (Å²) < 4.78 is 20.3. The molecule has 0 aromatic heterocycles. The van der Waals surface area contributed by atoms with Gasteiger partial charge in [0.1, 0.15) is 0 Å². The fourth-order valence-corrected chi connectivity index (χ4v) is 5.46. The maximum atomic E-state index is 14.7. The van der Waals surface area contributed by atoms with Crippen LogP contribution in [0.25, 0.3) is 0 Å². The SMILES string of the molecule is CCCOc1ccc(C(CCC2(CC)CCCCC2)CC2=CCCCC2)cc1F. The van der Waals surface area contributed by atoms with Crippen LogP contribution in [0.5, 0.6) is 5.75 Å². The minimum atomic E-state index is -0.193. The van der Waals surface area contributed by atoms with Crippen LogP contribution >= 0.6 is 0 Å². The standard InChI is InChI=1S/C27H41FO/c1-3-19-29-26-14-13-23(21-25(26)28)24(20-22-11-7-5-8-12-22)15-18-27(4-2)16-9-6-10-17-27/h11,13-14,21,24H,3-10,12,15-20H2,1-2H3. The normalized spacial score (nSPS) is 20.2. The van der Waals surface area contributed by atoms with Crippen LogP contribution in [0, 0.1) is 11.2 Å².